The zero-order chi connectivity index (χ0) is 14.2. The minimum Gasteiger partial charge on any atom is -0.376 e. The SMILES string of the molecule is NC(N)=NN=Cc1ccc(COCC2CCCO2)cc1. The van der Waals surface area contributed by atoms with Crippen molar-refractivity contribution in [1.29, 1.82) is 0 Å². The summed E-state index contributed by atoms with van der Waals surface area (Å²) in [4.78, 5) is 0. The van der Waals surface area contributed by atoms with Crippen LogP contribution in [0.1, 0.15) is 24.0 Å². The van der Waals surface area contributed by atoms with E-state index in [9.17, 15) is 0 Å². The summed E-state index contributed by atoms with van der Waals surface area (Å²) in [5.74, 6) is -0.0552. The second-order valence-corrected chi connectivity index (χ2v) is 4.66. The van der Waals surface area contributed by atoms with Gasteiger partial charge < -0.3 is 20.9 Å². The van der Waals surface area contributed by atoms with Crippen molar-refractivity contribution in [3.8, 4) is 0 Å². The molecule has 6 heteroatoms. The van der Waals surface area contributed by atoms with Gasteiger partial charge in [0.2, 0.25) is 5.96 Å². The van der Waals surface area contributed by atoms with Crippen molar-refractivity contribution in [2.24, 2.45) is 21.7 Å². The van der Waals surface area contributed by atoms with Gasteiger partial charge in [0.1, 0.15) is 0 Å². The Bertz CT molecular complexity index is 461. The Kier molecular flexibility index (Phi) is 5.52. The summed E-state index contributed by atoms with van der Waals surface area (Å²) in [6.45, 7) is 2.11. The lowest BCUT2D eigenvalue weighted by Gasteiger charge is -2.10. The molecule has 0 aromatic heterocycles. The fourth-order valence-corrected chi connectivity index (χ4v) is 1.95. The van der Waals surface area contributed by atoms with Gasteiger partial charge in [0.25, 0.3) is 0 Å². The molecule has 0 radical (unpaired) electrons. The molecule has 4 N–H and O–H groups in total. The van der Waals surface area contributed by atoms with Crippen LogP contribution in [0.5, 0.6) is 0 Å². The topological polar surface area (TPSA) is 95.2 Å². The van der Waals surface area contributed by atoms with Gasteiger partial charge in [-0.15, -0.1) is 5.10 Å². The smallest absolute Gasteiger partial charge is 0.211 e. The Labute approximate surface area is 118 Å². The van der Waals surface area contributed by atoms with Gasteiger partial charge in [0, 0.05) is 6.61 Å². The summed E-state index contributed by atoms with van der Waals surface area (Å²) in [5.41, 5.74) is 12.4. The number of nitrogens with two attached hydrogens (primary N) is 2. The van der Waals surface area contributed by atoms with Crippen LogP contribution in [0.4, 0.5) is 0 Å². The molecule has 0 amide bonds. The maximum absolute atomic E-state index is 5.64. The van der Waals surface area contributed by atoms with Crippen molar-refractivity contribution in [3.63, 3.8) is 0 Å². The zero-order valence-corrected chi connectivity index (χ0v) is 11.4. The first-order chi connectivity index (χ1) is 9.74. The highest BCUT2D eigenvalue weighted by molar-refractivity contribution is 5.81. The van der Waals surface area contributed by atoms with Gasteiger partial charge >= 0.3 is 0 Å². The van der Waals surface area contributed by atoms with E-state index in [1.165, 1.54) is 0 Å². The number of ether oxygens (including phenoxy) is 2. The highest BCUT2D eigenvalue weighted by Crippen LogP contribution is 2.13. The highest BCUT2D eigenvalue weighted by Gasteiger charge is 2.14. The second kappa shape index (κ2) is 7.62. The van der Waals surface area contributed by atoms with Crippen molar-refractivity contribution >= 4 is 12.2 Å². The molecule has 20 heavy (non-hydrogen) atoms. The summed E-state index contributed by atoms with van der Waals surface area (Å²) in [6.07, 6.45) is 4.09. The maximum Gasteiger partial charge on any atom is 0.211 e. The Balaban J connectivity index is 1.76. The van der Waals surface area contributed by atoms with Crippen molar-refractivity contribution in [3.05, 3.63) is 35.4 Å². The summed E-state index contributed by atoms with van der Waals surface area (Å²) in [7, 11) is 0. The van der Waals surface area contributed by atoms with Crippen LogP contribution in [-0.4, -0.2) is 31.5 Å². The first-order valence-electron chi connectivity index (χ1n) is 6.64. The second-order valence-electron chi connectivity index (χ2n) is 4.66. The molecule has 1 aliphatic rings. The molecule has 108 valence electrons. The summed E-state index contributed by atoms with van der Waals surface area (Å²) >= 11 is 0. The monoisotopic (exact) mass is 276 g/mol. The quantitative estimate of drug-likeness (QED) is 0.460. The highest BCUT2D eigenvalue weighted by atomic mass is 16.5. The van der Waals surface area contributed by atoms with Crippen LogP contribution in [-0.2, 0) is 16.1 Å². The molecule has 6 nitrogen and oxygen atoms in total. The molecule has 1 atom stereocenters. The van der Waals surface area contributed by atoms with E-state index in [1.54, 1.807) is 6.21 Å². The van der Waals surface area contributed by atoms with Gasteiger partial charge in [-0.25, -0.2) is 0 Å². The van der Waals surface area contributed by atoms with Crippen LogP contribution in [0.15, 0.2) is 34.5 Å². The van der Waals surface area contributed by atoms with Gasteiger partial charge in [-0.1, -0.05) is 24.3 Å². The fraction of sp³-hybridized carbons (Fsp3) is 0.429. The van der Waals surface area contributed by atoms with E-state index < -0.39 is 0 Å². The summed E-state index contributed by atoms with van der Waals surface area (Å²) in [6, 6.07) is 7.87. The lowest BCUT2D eigenvalue weighted by Crippen LogP contribution is -2.21. The van der Waals surface area contributed by atoms with Crippen molar-refractivity contribution in [2.75, 3.05) is 13.2 Å². The maximum atomic E-state index is 5.64. The first kappa shape index (κ1) is 14.5. The van der Waals surface area contributed by atoms with Crippen LogP contribution in [0, 0.1) is 0 Å². The largest absolute Gasteiger partial charge is 0.376 e. The number of hydrogen-bond acceptors (Lipinski definition) is 4. The lowest BCUT2D eigenvalue weighted by molar-refractivity contribution is 0.0106. The van der Waals surface area contributed by atoms with Gasteiger partial charge in [0.15, 0.2) is 0 Å². The van der Waals surface area contributed by atoms with E-state index in [4.69, 9.17) is 20.9 Å². The molecule has 1 aromatic rings. The van der Waals surface area contributed by atoms with E-state index >= 15 is 0 Å². The third-order valence-electron chi connectivity index (χ3n) is 2.96. The molecule has 1 fully saturated rings. The van der Waals surface area contributed by atoms with E-state index in [2.05, 4.69) is 10.2 Å². The molecule has 0 bridgehead atoms. The van der Waals surface area contributed by atoms with Crippen LogP contribution >= 0.6 is 0 Å². The van der Waals surface area contributed by atoms with Gasteiger partial charge in [0.05, 0.1) is 25.5 Å². The minimum absolute atomic E-state index is 0.0552. The predicted octanol–water partition coefficient (Wildman–Crippen LogP) is 0.989. The van der Waals surface area contributed by atoms with Crippen LogP contribution in [0.25, 0.3) is 0 Å². The number of rotatable bonds is 6. The molecule has 1 aliphatic heterocycles. The van der Waals surface area contributed by atoms with Crippen molar-refractivity contribution in [2.45, 2.75) is 25.6 Å². The number of benzene rings is 1. The average molecular weight is 276 g/mol. The Morgan fingerprint density at radius 1 is 1.35 bits per heavy atom. The lowest BCUT2D eigenvalue weighted by atomic mass is 10.1. The molecule has 1 saturated heterocycles. The summed E-state index contributed by atoms with van der Waals surface area (Å²) < 4.78 is 11.1. The molecule has 0 aliphatic carbocycles. The minimum atomic E-state index is -0.0552. The van der Waals surface area contributed by atoms with E-state index in [-0.39, 0.29) is 12.1 Å². The van der Waals surface area contributed by atoms with Crippen LogP contribution in [0.3, 0.4) is 0 Å². The number of guanidine groups is 1. The first-order valence-corrected chi connectivity index (χ1v) is 6.64. The van der Waals surface area contributed by atoms with Crippen LogP contribution in [0.2, 0.25) is 0 Å². The zero-order valence-electron chi connectivity index (χ0n) is 11.4. The number of hydrogen-bond donors (Lipinski definition) is 2. The van der Waals surface area contributed by atoms with Gasteiger partial charge in [-0.05, 0) is 24.0 Å². The molecule has 1 unspecified atom stereocenters. The third kappa shape index (κ3) is 4.99. The molecular formula is C14H20N4O2. The van der Waals surface area contributed by atoms with E-state index in [0.717, 1.165) is 30.6 Å². The molecule has 0 spiro atoms. The molecule has 2 rings (SSSR count). The Morgan fingerprint density at radius 3 is 2.80 bits per heavy atom. The molecular weight excluding hydrogens is 256 g/mol. The van der Waals surface area contributed by atoms with E-state index in [0.29, 0.717) is 13.2 Å². The molecule has 1 aromatic carbocycles. The Hall–Kier alpha value is -1.92. The third-order valence-corrected chi connectivity index (χ3v) is 2.96. The van der Waals surface area contributed by atoms with E-state index in [1.807, 2.05) is 24.3 Å². The normalized spacial score (nSPS) is 18.5. The average Bonchev–Trinajstić information content (AvgIpc) is 2.93. The summed E-state index contributed by atoms with van der Waals surface area (Å²) in [5, 5.41) is 7.29. The standard InChI is InChI=1S/C14H20N4O2/c15-14(16)18-17-8-11-3-5-12(6-4-11)9-19-10-13-2-1-7-20-13/h3-6,8,13H,1-2,7,9-10H2,(H4,15,16,18). The van der Waals surface area contributed by atoms with Gasteiger partial charge in [-0.3, -0.25) is 0 Å². The van der Waals surface area contributed by atoms with Gasteiger partial charge in [-0.2, -0.15) is 5.10 Å². The predicted molar refractivity (Wildman–Crippen MR) is 78.5 cm³/mol. The molecule has 1 heterocycles. The Morgan fingerprint density at radius 2 is 2.15 bits per heavy atom. The van der Waals surface area contributed by atoms with Crippen molar-refractivity contribution < 1.29 is 9.47 Å². The molecule has 0 saturated carbocycles. The number of nitrogens with zero attached hydrogens (tertiary/aromatic N) is 2. The van der Waals surface area contributed by atoms with Crippen molar-refractivity contribution in [1.82, 2.24) is 0 Å². The van der Waals surface area contributed by atoms with Crippen LogP contribution < -0.4 is 11.5 Å². The fourth-order valence-electron chi connectivity index (χ4n) is 1.95.